The first-order valence-corrected chi connectivity index (χ1v) is 6.53. The first kappa shape index (κ1) is 13.1. The van der Waals surface area contributed by atoms with Gasteiger partial charge in [0.15, 0.2) is 0 Å². The molecule has 1 N–H and O–H groups in total. The summed E-state index contributed by atoms with van der Waals surface area (Å²) in [4.78, 5) is 11.7. The molecule has 1 amide bonds. The van der Waals surface area contributed by atoms with Gasteiger partial charge in [0, 0.05) is 19.1 Å². The van der Waals surface area contributed by atoms with E-state index in [0.29, 0.717) is 13.1 Å². The molecule has 3 atom stereocenters. The summed E-state index contributed by atoms with van der Waals surface area (Å²) in [5.74, 6) is -0.144. The van der Waals surface area contributed by atoms with Crippen LogP contribution in [-0.4, -0.2) is 47.5 Å². The molecule has 2 heterocycles. The highest BCUT2D eigenvalue weighted by Gasteiger charge is 2.44. The number of piperidine rings is 1. The van der Waals surface area contributed by atoms with E-state index in [4.69, 9.17) is 0 Å². The van der Waals surface area contributed by atoms with Crippen molar-refractivity contribution < 1.29 is 18.0 Å². The summed E-state index contributed by atoms with van der Waals surface area (Å²) in [5, 5.41) is 2.73. The van der Waals surface area contributed by atoms with E-state index in [1.54, 1.807) is 4.90 Å². The van der Waals surface area contributed by atoms with Crippen LogP contribution in [0.3, 0.4) is 0 Å². The molecule has 3 unspecified atom stereocenters. The second-order valence-electron chi connectivity index (χ2n) is 4.57. The number of hydrogen-bond donors (Lipinski definition) is 1. The molecular formula is C10H14BrF3N2O. The maximum Gasteiger partial charge on any atom is 0.402 e. The molecule has 17 heavy (non-hydrogen) atoms. The monoisotopic (exact) mass is 314 g/mol. The highest BCUT2D eigenvalue weighted by molar-refractivity contribution is 9.09. The van der Waals surface area contributed by atoms with Crippen LogP contribution in [0.25, 0.3) is 0 Å². The maximum atomic E-state index is 12.5. The first-order chi connectivity index (χ1) is 7.89. The van der Waals surface area contributed by atoms with Gasteiger partial charge in [-0.3, -0.25) is 9.69 Å². The minimum atomic E-state index is -4.23. The molecule has 2 aliphatic heterocycles. The summed E-state index contributed by atoms with van der Waals surface area (Å²) in [5.41, 5.74) is 0. The number of carbonyl (C=O) groups excluding carboxylic acids is 1. The SMILES string of the molecule is O=C1NCC2C1CCCN2CC(Br)C(F)(F)F. The number of carbonyl (C=O) groups is 1. The molecule has 0 aromatic carbocycles. The summed E-state index contributed by atoms with van der Waals surface area (Å²) in [6.07, 6.45) is -2.67. The fourth-order valence-electron chi connectivity index (χ4n) is 2.58. The topological polar surface area (TPSA) is 32.3 Å². The summed E-state index contributed by atoms with van der Waals surface area (Å²) in [7, 11) is 0. The van der Waals surface area contributed by atoms with Crippen molar-refractivity contribution in [3.8, 4) is 0 Å². The Bertz CT molecular complexity index is 310. The molecule has 98 valence electrons. The second kappa shape index (κ2) is 4.76. The van der Waals surface area contributed by atoms with Gasteiger partial charge < -0.3 is 5.32 Å². The number of halogens is 4. The minimum Gasteiger partial charge on any atom is -0.354 e. The smallest absolute Gasteiger partial charge is 0.354 e. The van der Waals surface area contributed by atoms with Crippen molar-refractivity contribution in [2.45, 2.75) is 29.9 Å². The highest BCUT2D eigenvalue weighted by Crippen LogP contribution is 2.32. The third-order valence-corrected chi connectivity index (χ3v) is 4.27. The summed E-state index contributed by atoms with van der Waals surface area (Å²) in [6, 6.07) is -0.0707. The predicted octanol–water partition coefficient (Wildman–Crippen LogP) is 1.52. The zero-order valence-corrected chi connectivity index (χ0v) is 10.7. The Morgan fingerprint density at radius 2 is 2.24 bits per heavy atom. The molecule has 2 saturated heterocycles. The minimum absolute atomic E-state index is 0.0159. The van der Waals surface area contributed by atoms with Crippen LogP contribution in [0.4, 0.5) is 13.2 Å². The van der Waals surface area contributed by atoms with E-state index in [1.165, 1.54) is 0 Å². The highest BCUT2D eigenvalue weighted by atomic mass is 79.9. The summed E-state index contributed by atoms with van der Waals surface area (Å²) < 4.78 is 37.4. The molecule has 0 saturated carbocycles. The van der Waals surface area contributed by atoms with Gasteiger partial charge in [-0.25, -0.2) is 0 Å². The number of likely N-dealkylation sites (tertiary alicyclic amines) is 1. The van der Waals surface area contributed by atoms with Crippen LogP contribution in [-0.2, 0) is 4.79 Å². The van der Waals surface area contributed by atoms with Crippen molar-refractivity contribution in [1.82, 2.24) is 10.2 Å². The molecular weight excluding hydrogens is 301 g/mol. The van der Waals surface area contributed by atoms with Gasteiger partial charge in [0.2, 0.25) is 5.91 Å². The molecule has 0 aromatic rings. The molecule has 0 aromatic heterocycles. The van der Waals surface area contributed by atoms with Gasteiger partial charge in [-0.05, 0) is 19.4 Å². The Kier molecular flexibility index (Phi) is 3.68. The second-order valence-corrected chi connectivity index (χ2v) is 5.67. The third kappa shape index (κ3) is 2.76. The third-order valence-electron chi connectivity index (χ3n) is 3.47. The molecule has 2 fully saturated rings. The Morgan fingerprint density at radius 3 is 2.88 bits per heavy atom. The molecule has 3 nitrogen and oxygen atoms in total. The maximum absolute atomic E-state index is 12.5. The largest absolute Gasteiger partial charge is 0.402 e. The number of nitrogens with zero attached hydrogens (tertiary/aromatic N) is 1. The summed E-state index contributed by atoms with van der Waals surface area (Å²) >= 11 is 2.67. The molecule has 0 bridgehead atoms. The number of alkyl halides is 4. The Labute approximate surface area is 106 Å². The molecule has 2 rings (SSSR count). The van der Waals surface area contributed by atoms with Crippen LogP contribution in [0, 0.1) is 5.92 Å². The molecule has 7 heteroatoms. The molecule has 2 aliphatic rings. The van der Waals surface area contributed by atoms with Crippen molar-refractivity contribution in [2.75, 3.05) is 19.6 Å². The van der Waals surface area contributed by atoms with Gasteiger partial charge in [0.1, 0.15) is 4.83 Å². The van der Waals surface area contributed by atoms with Crippen molar-refractivity contribution in [3.05, 3.63) is 0 Å². The van der Waals surface area contributed by atoms with E-state index >= 15 is 0 Å². The van der Waals surface area contributed by atoms with Crippen LogP contribution < -0.4 is 5.32 Å². The lowest BCUT2D eigenvalue weighted by Gasteiger charge is -2.37. The van der Waals surface area contributed by atoms with Crippen molar-refractivity contribution in [2.24, 2.45) is 5.92 Å². The fraction of sp³-hybridized carbons (Fsp3) is 0.900. The standard InChI is InChI=1S/C10H14BrF3N2O/c11-8(10(12,13)14)5-16-3-1-2-6-7(16)4-15-9(6)17/h6-8H,1-5H2,(H,15,17). The first-order valence-electron chi connectivity index (χ1n) is 5.62. The van der Waals surface area contributed by atoms with E-state index in [9.17, 15) is 18.0 Å². The van der Waals surface area contributed by atoms with Crippen molar-refractivity contribution in [1.29, 1.82) is 0 Å². The van der Waals surface area contributed by atoms with Crippen LogP contribution >= 0.6 is 15.9 Å². The van der Waals surface area contributed by atoms with Gasteiger partial charge in [-0.2, -0.15) is 13.2 Å². The van der Waals surface area contributed by atoms with Gasteiger partial charge >= 0.3 is 6.18 Å². The van der Waals surface area contributed by atoms with Crippen molar-refractivity contribution in [3.63, 3.8) is 0 Å². The number of hydrogen-bond acceptors (Lipinski definition) is 2. The molecule has 0 radical (unpaired) electrons. The van der Waals surface area contributed by atoms with Gasteiger partial charge in [0.25, 0.3) is 0 Å². The van der Waals surface area contributed by atoms with Gasteiger partial charge in [-0.1, -0.05) is 15.9 Å². The quantitative estimate of drug-likeness (QED) is 0.784. The van der Waals surface area contributed by atoms with Gasteiger partial charge in [0.05, 0.1) is 5.92 Å². The number of rotatable bonds is 2. The Balaban J connectivity index is 1.99. The van der Waals surface area contributed by atoms with Crippen LogP contribution in [0.15, 0.2) is 0 Å². The van der Waals surface area contributed by atoms with E-state index in [-0.39, 0.29) is 24.4 Å². The van der Waals surface area contributed by atoms with E-state index in [2.05, 4.69) is 21.2 Å². The number of amides is 1. The lowest BCUT2D eigenvalue weighted by Crippen LogP contribution is -2.49. The zero-order chi connectivity index (χ0) is 12.6. The number of nitrogens with one attached hydrogen (secondary N) is 1. The zero-order valence-electron chi connectivity index (χ0n) is 9.13. The number of fused-ring (bicyclic) bond motifs is 1. The van der Waals surface area contributed by atoms with Crippen LogP contribution in [0.1, 0.15) is 12.8 Å². The average molecular weight is 315 g/mol. The lowest BCUT2D eigenvalue weighted by atomic mass is 9.91. The van der Waals surface area contributed by atoms with Crippen LogP contribution in [0.5, 0.6) is 0 Å². The van der Waals surface area contributed by atoms with Crippen LogP contribution in [0.2, 0.25) is 0 Å². The summed E-state index contributed by atoms with van der Waals surface area (Å²) in [6.45, 7) is 1.02. The molecule has 0 aliphatic carbocycles. The average Bonchev–Trinajstić information content (AvgIpc) is 2.60. The van der Waals surface area contributed by atoms with Gasteiger partial charge in [-0.15, -0.1) is 0 Å². The van der Waals surface area contributed by atoms with E-state index < -0.39 is 11.0 Å². The normalized spacial score (nSPS) is 32.1. The Morgan fingerprint density at radius 1 is 1.53 bits per heavy atom. The molecule has 0 spiro atoms. The van der Waals surface area contributed by atoms with E-state index in [0.717, 1.165) is 12.8 Å². The Hall–Kier alpha value is -0.300. The lowest BCUT2D eigenvalue weighted by molar-refractivity contribution is -0.133. The fourth-order valence-corrected chi connectivity index (χ4v) is 2.95. The van der Waals surface area contributed by atoms with E-state index in [1.807, 2.05) is 0 Å². The van der Waals surface area contributed by atoms with Crippen molar-refractivity contribution >= 4 is 21.8 Å². The predicted molar refractivity (Wildman–Crippen MR) is 59.9 cm³/mol.